The fourth-order valence-corrected chi connectivity index (χ4v) is 4.56. The Morgan fingerprint density at radius 1 is 0.885 bits per heavy atom. The monoisotopic (exact) mass is 370 g/mol. The molecule has 0 spiro atoms. The molecule has 5 nitrogen and oxygen atoms in total. The normalized spacial score (nSPS) is 11.6. The average molecular weight is 370 g/mol. The third-order valence-electron chi connectivity index (χ3n) is 4.29. The van der Waals surface area contributed by atoms with E-state index in [0.717, 1.165) is 27.9 Å². The van der Waals surface area contributed by atoms with Crippen LogP contribution in [0, 0.1) is 34.6 Å². The van der Waals surface area contributed by atoms with Crippen LogP contribution in [0.4, 0.5) is 5.69 Å². The molecule has 0 unspecified atom stereocenters. The molecule has 0 bridgehead atoms. The largest absolute Gasteiger partial charge is 0.356 e. The Morgan fingerprint density at radius 3 is 2.08 bits per heavy atom. The van der Waals surface area contributed by atoms with E-state index in [-0.39, 0.29) is 4.90 Å². The van der Waals surface area contributed by atoms with Gasteiger partial charge in [0.05, 0.1) is 16.3 Å². The highest BCUT2D eigenvalue weighted by Gasteiger charge is 2.20. The van der Waals surface area contributed by atoms with Gasteiger partial charge in [0.1, 0.15) is 0 Å². The highest BCUT2D eigenvalue weighted by atomic mass is 32.2. The van der Waals surface area contributed by atoms with Crippen LogP contribution in [0.5, 0.6) is 0 Å². The number of hydrogen-bond acceptors (Lipinski definition) is 4. The van der Waals surface area contributed by atoms with Crippen molar-refractivity contribution in [3.63, 3.8) is 0 Å². The first-order valence-corrected chi connectivity index (χ1v) is 9.81. The summed E-state index contributed by atoms with van der Waals surface area (Å²) >= 11 is 0. The van der Waals surface area contributed by atoms with Crippen LogP contribution in [0.3, 0.4) is 0 Å². The number of aryl methyl sites for hydroxylation is 5. The molecule has 6 heteroatoms. The highest BCUT2D eigenvalue weighted by Crippen LogP contribution is 2.29. The second-order valence-electron chi connectivity index (χ2n) is 6.69. The van der Waals surface area contributed by atoms with Crippen molar-refractivity contribution in [2.24, 2.45) is 0 Å². The molecule has 136 valence electrons. The fraction of sp³-hybridized carbons (Fsp3) is 0.250. The van der Waals surface area contributed by atoms with Gasteiger partial charge >= 0.3 is 0 Å². The van der Waals surface area contributed by atoms with Crippen LogP contribution in [0.2, 0.25) is 0 Å². The SMILES string of the molecule is Cc1cc(C)c(NS(=O)(=O)c2ccc(-c3cc(C)no3)cc2C)c(C)c1. The molecule has 0 saturated carbocycles. The molecule has 0 aliphatic carbocycles. The fourth-order valence-electron chi connectivity index (χ4n) is 3.13. The van der Waals surface area contributed by atoms with Crippen molar-refractivity contribution >= 4 is 15.7 Å². The molecular weight excluding hydrogens is 348 g/mol. The summed E-state index contributed by atoms with van der Waals surface area (Å²) in [5.74, 6) is 0.618. The lowest BCUT2D eigenvalue weighted by Gasteiger charge is -2.15. The zero-order chi connectivity index (χ0) is 19.1. The van der Waals surface area contributed by atoms with Crippen molar-refractivity contribution in [1.29, 1.82) is 0 Å². The molecule has 1 N–H and O–H groups in total. The second kappa shape index (κ2) is 6.61. The molecule has 0 amide bonds. The lowest BCUT2D eigenvalue weighted by molar-refractivity contribution is 0.427. The van der Waals surface area contributed by atoms with E-state index in [2.05, 4.69) is 9.88 Å². The minimum Gasteiger partial charge on any atom is -0.356 e. The summed E-state index contributed by atoms with van der Waals surface area (Å²) in [7, 11) is -3.69. The topological polar surface area (TPSA) is 72.2 Å². The predicted octanol–water partition coefficient (Wildman–Crippen LogP) is 4.68. The first kappa shape index (κ1) is 18.2. The molecule has 0 atom stereocenters. The van der Waals surface area contributed by atoms with Gasteiger partial charge < -0.3 is 4.52 Å². The minimum atomic E-state index is -3.69. The molecule has 26 heavy (non-hydrogen) atoms. The Hall–Kier alpha value is -2.60. The third kappa shape index (κ3) is 3.51. The van der Waals surface area contributed by atoms with Crippen LogP contribution in [0.1, 0.15) is 27.9 Å². The molecule has 0 aliphatic heterocycles. The van der Waals surface area contributed by atoms with Crippen molar-refractivity contribution in [2.75, 3.05) is 4.72 Å². The maximum absolute atomic E-state index is 12.9. The van der Waals surface area contributed by atoms with E-state index in [1.165, 1.54) is 0 Å². The summed E-state index contributed by atoms with van der Waals surface area (Å²) in [5.41, 5.74) is 5.75. The van der Waals surface area contributed by atoms with Crippen molar-refractivity contribution in [3.8, 4) is 11.3 Å². The average Bonchev–Trinajstić information content (AvgIpc) is 2.97. The van der Waals surface area contributed by atoms with Gasteiger partial charge in [-0.1, -0.05) is 22.9 Å². The van der Waals surface area contributed by atoms with Crippen molar-refractivity contribution in [2.45, 2.75) is 39.5 Å². The first-order chi connectivity index (χ1) is 12.2. The maximum atomic E-state index is 12.9. The van der Waals surface area contributed by atoms with Crippen molar-refractivity contribution in [1.82, 2.24) is 5.16 Å². The van der Waals surface area contributed by atoms with Crippen molar-refractivity contribution < 1.29 is 12.9 Å². The van der Waals surface area contributed by atoms with Crippen molar-refractivity contribution in [3.05, 3.63) is 64.3 Å². The highest BCUT2D eigenvalue weighted by molar-refractivity contribution is 7.92. The van der Waals surface area contributed by atoms with Gasteiger partial charge in [-0.25, -0.2) is 8.42 Å². The molecule has 3 rings (SSSR count). The van der Waals surface area contributed by atoms with Gasteiger partial charge in [0.15, 0.2) is 5.76 Å². The molecular formula is C20H22N2O3S. The molecule has 0 radical (unpaired) electrons. The Kier molecular flexibility index (Phi) is 4.63. The number of sulfonamides is 1. The van der Waals surface area contributed by atoms with Gasteiger partial charge in [-0.15, -0.1) is 0 Å². The molecule has 0 saturated heterocycles. The quantitative estimate of drug-likeness (QED) is 0.723. The molecule has 1 aromatic heterocycles. The molecule has 0 fully saturated rings. The smallest absolute Gasteiger partial charge is 0.262 e. The summed E-state index contributed by atoms with van der Waals surface area (Å²) < 4.78 is 33.8. The second-order valence-corrected chi connectivity index (χ2v) is 8.34. The van der Waals surface area contributed by atoms with Gasteiger partial charge in [0, 0.05) is 11.6 Å². The summed E-state index contributed by atoms with van der Waals surface area (Å²) in [4.78, 5) is 0.247. The Labute approximate surface area is 154 Å². The summed E-state index contributed by atoms with van der Waals surface area (Å²) in [5, 5.41) is 3.87. The lowest BCUT2D eigenvalue weighted by atomic mass is 10.1. The van der Waals surface area contributed by atoms with E-state index in [1.54, 1.807) is 25.1 Å². The van der Waals surface area contributed by atoms with Gasteiger partial charge in [-0.05, 0) is 69.5 Å². The van der Waals surface area contributed by atoms with E-state index in [1.807, 2.05) is 45.9 Å². The molecule has 1 heterocycles. The van der Waals surface area contributed by atoms with Crippen LogP contribution in [-0.2, 0) is 10.0 Å². The van der Waals surface area contributed by atoms with Gasteiger partial charge in [-0.2, -0.15) is 0 Å². The molecule has 0 aliphatic rings. The number of benzene rings is 2. The number of rotatable bonds is 4. The Bertz CT molecular complexity index is 1060. The lowest BCUT2D eigenvalue weighted by Crippen LogP contribution is -2.16. The van der Waals surface area contributed by atoms with E-state index in [0.29, 0.717) is 17.0 Å². The molecule has 2 aromatic carbocycles. The summed E-state index contributed by atoms with van der Waals surface area (Å²) in [6.45, 7) is 9.41. The van der Waals surface area contributed by atoms with Gasteiger partial charge in [-0.3, -0.25) is 4.72 Å². The van der Waals surface area contributed by atoms with Crippen LogP contribution < -0.4 is 4.72 Å². The van der Waals surface area contributed by atoms with Gasteiger partial charge in [0.25, 0.3) is 10.0 Å². The van der Waals surface area contributed by atoms with Crippen LogP contribution in [-0.4, -0.2) is 13.6 Å². The zero-order valence-electron chi connectivity index (χ0n) is 15.5. The predicted molar refractivity (Wildman–Crippen MR) is 103 cm³/mol. The zero-order valence-corrected chi connectivity index (χ0v) is 16.4. The van der Waals surface area contributed by atoms with E-state index < -0.39 is 10.0 Å². The third-order valence-corrected chi connectivity index (χ3v) is 5.80. The minimum absolute atomic E-state index is 0.247. The van der Waals surface area contributed by atoms with Gasteiger partial charge in [0.2, 0.25) is 0 Å². The van der Waals surface area contributed by atoms with Crippen LogP contribution >= 0.6 is 0 Å². The number of aromatic nitrogens is 1. The number of hydrogen-bond donors (Lipinski definition) is 1. The number of nitrogens with one attached hydrogen (secondary N) is 1. The summed E-state index contributed by atoms with van der Waals surface area (Å²) in [6, 6.07) is 10.9. The summed E-state index contributed by atoms with van der Waals surface area (Å²) in [6.07, 6.45) is 0. The van der Waals surface area contributed by atoms with E-state index in [4.69, 9.17) is 4.52 Å². The van der Waals surface area contributed by atoms with Crippen LogP contribution in [0.25, 0.3) is 11.3 Å². The number of anilines is 1. The first-order valence-electron chi connectivity index (χ1n) is 8.32. The molecule has 3 aromatic rings. The standard InChI is InChI=1S/C20H22N2O3S/c1-12-8-14(3)20(15(4)9-12)22-26(23,24)19-7-6-17(10-13(19)2)18-11-16(5)21-25-18/h6-11,22H,1-5H3. The maximum Gasteiger partial charge on any atom is 0.262 e. The van der Waals surface area contributed by atoms with E-state index in [9.17, 15) is 8.42 Å². The van der Waals surface area contributed by atoms with Crippen LogP contribution in [0.15, 0.2) is 45.8 Å². The van der Waals surface area contributed by atoms with E-state index >= 15 is 0 Å². The Balaban J connectivity index is 1.98. The Morgan fingerprint density at radius 2 is 1.54 bits per heavy atom. The number of nitrogens with zero attached hydrogens (tertiary/aromatic N) is 1.